The van der Waals surface area contributed by atoms with Crippen LogP contribution in [0.5, 0.6) is 0 Å². The predicted molar refractivity (Wildman–Crippen MR) is 103 cm³/mol. The van der Waals surface area contributed by atoms with Gasteiger partial charge in [-0.2, -0.15) is 0 Å². The van der Waals surface area contributed by atoms with Crippen LogP contribution in [0.1, 0.15) is 13.8 Å². The van der Waals surface area contributed by atoms with Crippen molar-refractivity contribution < 1.29 is 9.59 Å². The predicted octanol–water partition coefficient (Wildman–Crippen LogP) is 0.0820. The minimum Gasteiger partial charge on any atom is -0.368 e. The minimum absolute atomic E-state index is 0.133. The Kier molecular flexibility index (Phi) is 6.57. The highest BCUT2D eigenvalue weighted by Gasteiger charge is 2.35. The molecule has 1 heterocycles. The van der Waals surface area contributed by atoms with Crippen molar-refractivity contribution in [3.8, 4) is 0 Å². The lowest BCUT2D eigenvalue weighted by Crippen LogP contribution is -2.61. The van der Waals surface area contributed by atoms with E-state index in [-0.39, 0.29) is 18.4 Å². The number of para-hydroxylation sites is 1. The van der Waals surface area contributed by atoms with Crippen LogP contribution in [0.2, 0.25) is 0 Å². The van der Waals surface area contributed by atoms with Crippen LogP contribution >= 0.6 is 0 Å². The third kappa shape index (κ3) is 4.95. The molecule has 0 bridgehead atoms. The van der Waals surface area contributed by atoms with Crippen LogP contribution in [0, 0.1) is 0 Å². The number of nitrogens with two attached hydrogens (primary N) is 1. The van der Waals surface area contributed by atoms with Crippen molar-refractivity contribution in [3.63, 3.8) is 0 Å². The van der Waals surface area contributed by atoms with E-state index in [1.54, 1.807) is 7.05 Å². The van der Waals surface area contributed by atoms with E-state index in [1.807, 2.05) is 44.2 Å². The summed E-state index contributed by atoms with van der Waals surface area (Å²) in [5.74, 6) is 0.210. The number of guanidine groups is 1. The Morgan fingerprint density at radius 2 is 1.77 bits per heavy atom. The van der Waals surface area contributed by atoms with Gasteiger partial charge < -0.3 is 21.3 Å². The van der Waals surface area contributed by atoms with Gasteiger partial charge in [0.15, 0.2) is 5.96 Å². The van der Waals surface area contributed by atoms with E-state index in [2.05, 4.69) is 25.4 Å². The summed E-state index contributed by atoms with van der Waals surface area (Å²) in [5.41, 5.74) is 5.58. The minimum atomic E-state index is -0.668. The number of carbonyl (C=O) groups is 2. The van der Waals surface area contributed by atoms with Crippen molar-refractivity contribution in [2.75, 3.05) is 45.1 Å². The number of hydrogen-bond donors (Lipinski definition) is 3. The van der Waals surface area contributed by atoms with Crippen molar-refractivity contribution in [3.05, 3.63) is 30.3 Å². The third-order valence-electron chi connectivity index (χ3n) is 4.65. The first kappa shape index (κ1) is 19.7. The number of aliphatic imine (C=N–C) groups is 1. The Balaban J connectivity index is 1.83. The number of benzene rings is 1. The standard InChI is InChI=1S/C18H28N6O2/c1-18(2,16(19)26)24-11-9-23(10-12-24)17(20-3)21-13-15(25)22-14-7-5-4-6-8-14/h4-8H,9-13H2,1-3H3,(H2,19,26)(H,20,21)(H,22,25). The number of anilines is 1. The molecule has 26 heavy (non-hydrogen) atoms. The molecule has 1 aliphatic heterocycles. The Morgan fingerprint density at radius 3 is 2.31 bits per heavy atom. The van der Waals surface area contributed by atoms with Crippen molar-refractivity contribution in [1.29, 1.82) is 0 Å². The molecule has 1 aliphatic rings. The Bertz CT molecular complexity index is 651. The van der Waals surface area contributed by atoms with E-state index < -0.39 is 5.54 Å². The topological polar surface area (TPSA) is 103 Å². The summed E-state index contributed by atoms with van der Waals surface area (Å²) in [6.45, 7) is 6.62. The van der Waals surface area contributed by atoms with E-state index in [1.165, 1.54) is 0 Å². The molecular formula is C18H28N6O2. The second-order valence-electron chi connectivity index (χ2n) is 6.71. The van der Waals surface area contributed by atoms with E-state index >= 15 is 0 Å². The first-order valence-corrected chi connectivity index (χ1v) is 8.70. The summed E-state index contributed by atoms with van der Waals surface area (Å²) in [6.07, 6.45) is 0. The fourth-order valence-corrected chi connectivity index (χ4v) is 2.85. The van der Waals surface area contributed by atoms with Crippen LogP contribution < -0.4 is 16.4 Å². The summed E-state index contributed by atoms with van der Waals surface area (Å²) in [5, 5.41) is 5.92. The van der Waals surface area contributed by atoms with Gasteiger partial charge in [-0.1, -0.05) is 18.2 Å². The molecule has 142 valence electrons. The van der Waals surface area contributed by atoms with Gasteiger partial charge in [-0.05, 0) is 26.0 Å². The SMILES string of the molecule is CN=C(NCC(=O)Nc1ccccc1)N1CCN(C(C)(C)C(N)=O)CC1. The third-order valence-corrected chi connectivity index (χ3v) is 4.65. The molecule has 0 spiro atoms. The molecule has 1 saturated heterocycles. The van der Waals surface area contributed by atoms with Crippen molar-refractivity contribution >= 4 is 23.5 Å². The maximum atomic E-state index is 12.1. The van der Waals surface area contributed by atoms with Gasteiger partial charge in [0, 0.05) is 38.9 Å². The molecule has 8 heteroatoms. The molecular weight excluding hydrogens is 332 g/mol. The van der Waals surface area contributed by atoms with Crippen LogP contribution in [0.3, 0.4) is 0 Å². The van der Waals surface area contributed by atoms with Gasteiger partial charge in [0.05, 0.1) is 12.1 Å². The molecule has 0 radical (unpaired) electrons. The highest BCUT2D eigenvalue weighted by molar-refractivity contribution is 5.95. The zero-order chi connectivity index (χ0) is 19.2. The molecule has 1 fully saturated rings. The number of hydrogen-bond acceptors (Lipinski definition) is 4. The number of rotatable bonds is 5. The number of carbonyl (C=O) groups excluding carboxylic acids is 2. The van der Waals surface area contributed by atoms with E-state index in [0.29, 0.717) is 32.1 Å². The lowest BCUT2D eigenvalue weighted by atomic mass is 10.0. The van der Waals surface area contributed by atoms with Gasteiger partial charge in [0.1, 0.15) is 0 Å². The van der Waals surface area contributed by atoms with Crippen LogP contribution in [0.4, 0.5) is 5.69 Å². The van der Waals surface area contributed by atoms with Crippen molar-refractivity contribution in [2.24, 2.45) is 10.7 Å². The van der Waals surface area contributed by atoms with Crippen molar-refractivity contribution in [1.82, 2.24) is 15.1 Å². The highest BCUT2D eigenvalue weighted by Crippen LogP contribution is 2.16. The van der Waals surface area contributed by atoms with Gasteiger partial charge in [0.25, 0.3) is 0 Å². The Morgan fingerprint density at radius 1 is 1.15 bits per heavy atom. The average molecular weight is 360 g/mol. The summed E-state index contributed by atoms with van der Waals surface area (Å²) < 4.78 is 0. The lowest BCUT2D eigenvalue weighted by Gasteiger charge is -2.43. The Labute approximate surface area is 154 Å². The van der Waals surface area contributed by atoms with Crippen molar-refractivity contribution in [2.45, 2.75) is 19.4 Å². The molecule has 2 amide bonds. The molecule has 4 N–H and O–H groups in total. The summed E-state index contributed by atoms with van der Waals surface area (Å²) >= 11 is 0. The van der Waals surface area contributed by atoms with Gasteiger partial charge in [0.2, 0.25) is 11.8 Å². The number of primary amides is 1. The monoisotopic (exact) mass is 360 g/mol. The molecule has 0 aliphatic carbocycles. The normalized spacial score (nSPS) is 16.3. The number of nitrogens with zero attached hydrogens (tertiary/aromatic N) is 3. The highest BCUT2D eigenvalue weighted by atomic mass is 16.2. The molecule has 8 nitrogen and oxygen atoms in total. The number of piperazine rings is 1. The largest absolute Gasteiger partial charge is 0.368 e. The summed E-state index contributed by atoms with van der Waals surface area (Å²) in [7, 11) is 1.69. The van der Waals surface area contributed by atoms with Crippen LogP contribution in [-0.4, -0.2) is 72.9 Å². The molecule has 0 saturated carbocycles. The molecule has 1 aromatic rings. The molecule has 1 aromatic carbocycles. The zero-order valence-corrected chi connectivity index (χ0v) is 15.7. The maximum Gasteiger partial charge on any atom is 0.243 e. The first-order chi connectivity index (χ1) is 12.3. The lowest BCUT2D eigenvalue weighted by molar-refractivity contribution is -0.129. The quantitative estimate of drug-likeness (QED) is 0.510. The fraction of sp³-hybridized carbons (Fsp3) is 0.500. The first-order valence-electron chi connectivity index (χ1n) is 8.70. The van der Waals surface area contributed by atoms with Crippen LogP contribution in [-0.2, 0) is 9.59 Å². The van der Waals surface area contributed by atoms with Gasteiger partial charge >= 0.3 is 0 Å². The number of amides is 2. The van der Waals surface area contributed by atoms with Gasteiger partial charge in [-0.3, -0.25) is 19.5 Å². The van der Waals surface area contributed by atoms with Crippen LogP contribution in [0.15, 0.2) is 35.3 Å². The average Bonchev–Trinajstić information content (AvgIpc) is 2.63. The number of nitrogens with one attached hydrogen (secondary N) is 2. The molecule has 2 rings (SSSR count). The molecule has 0 aromatic heterocycles. The molecule has 0 atom stereocenters. The zero-order valence-electron chi connectivity index (χ0n) is 15.7. The smallest absolute Gasteiger partial charge is 0.243 e. The fourth-order valence-electron chi connectivity index (χ4n) is 2.85. The Hall–Kier alpha value is -2.61. The molecule has 0 unspecified atom stereocenters. The van der Waals surface area contributed by atoms with E-state index in [9.17, 15) is 9.59 Å². The van der Waals surface area contributed by atoms with E-state index in [4.69, 9.17) is 5.73 Å². The maximum absolute atomic E-state index is 12.1. The second-order valence-corrected chi connectivity index (χ2v) is 6.71. The second kappa shape index (κ2) is 8.66. The summed E-state index contributed by atoms with van der Waals surface area (Å²) in [4.78, 5) is 32.1. The van der Waals surface area contributed by atoms with Gasteiger partial charge in [-0.15, -0.1) is 0 Å². The summed E-state index contributed by atoms with van der Waals surface area (Å²) in [6, 6.07) is 9.32. The van der Waals surface area contributed by atoms with Gasteiger partial charge in [-0.25, -0.2) is 0 Å². The van der Waals surface area contributed by atoms with E-state index in [0.717, 1.165) is 5.69 Å². The van der Waals surface area contributed by atoms with Crippen LogP contribution in [0.25, 0.3) is 0 Å².